The van der Waals surface area contributed by atoms with Crippen LogP contribution in [0, 0.1) is 11.8 Å². The van der Waals surface area contributed by atoms with Gasteiger partial charge in [0.05, 0.1) is 13.2 Å². The molecule has 0 rings (SSSR count). The van der Waals surface area contributed by atoms with Crippen LogP contribution in [0.1, 0.15) is 13.8 Å². The van der Waals surface area contributed by atoms with Crippen molar-refractivity contribution in [2.24, 2.45) is 11.8 Å². The highest BCUT2D eigenvalue weighted by molar-refractivity contribution is 6.27. The number of ether oxygens (including phenoxy) is 4. The summed E-state index contributed by atoms with van der Waals surface area (Å²) in [5, 5.41) is 3.56. The fourth-order valence-electron chi connectivity index (χ4n) is 2.22. The first kappa shape index (κ1) is 25.2. The molecule has 0 amide bonds. The van der Waals surface area contributed by atoms with Gasteiger partial charge < -0.3 is 33.1 Å². The Morgan fingerprint density at radius 3 is 1.44 bits per heavy atom. The predicted octanol–water partition coefficient (Wildman–Crippen LogP) is 0.123. The molecule has 7 nitrogen and oxygen atoms in total. The van der Waals surface area contributed by atoms with Crippen molar-refractivity contribution in [2.45, 2.75) is 38.5 Å². The van der Waals surface area contributed by atoms with Gasteiger partial charge in [-0.15, -0.1) is 0 Å². The summed E-state index contributed by atoms with van der Waals surface area (Å²) >= 11 is 0. The zero-order chi connectivity index (χ0) is 18.9. The maximum absolute atomic E-state index is 5.77. The predicted molar refractivity (Wildman–Crippen MR) is 105 cm³/mol. The summed E-state index contributed by atoms with van der Waals surface area (Å²) in [6, 6.07) is 2.27. The third-order valence-corrected chi connectivity index (χ3v) is 7.60. The van der Waals surface area contributed by atoms with Crippen molar-refractivity contribution in [3.8, 4) is 0 Å². The summed E-state index contributed by atoms with van der Waals surface area (Å²) in [7, 11) is 5.47. The smallest absolute Gasteiger partial charge is 0.170 e. The summed E-state index contributed by atoms with van der Waals surface area (Å²) in [6.45, 7) is 7.56. The molecule has 0 bridgehead atoms. The lowest BCUT2D eigenvalue weighted by Gasteiger charge is -2.19. The zero-order valence-electron chi connectivity index (χ0n) is 16.9. The SMILES string of the molecule is COCC(OC)O[SiH2]CC(C)CNCC(C)C[SiH2]OC(COC)OC. The van der Waals surface area contributed by atoms with Gasteiger partial charge in [-0.2, -0.15) is 0 Å². The molecule has 4 atom stereocenters. The van der Waals surface area contributed by atoms with Crippen LogP contribution in [0.3, 0.4) is 0 Å². The number of methoxy groups -OCH3 is 4. The van der Waals surface area contributed by atoms with E-state index < -0.39 is 19.5 Å². The maximum atomic E-state index is 5.77. The Kier molecular flexibility index (Phi) is 17.7. The second-order valence-corrected chi connectivity index (χ2v) is 9.07. The highest BCUT2D eigenvalue weighted by Gasteiger charge is 2.11. The Balaban J connectivity index is 3.63. The van der Waals surface area contributed by atoms with Gasteiger partial charge in [0.2, 0.25) is 0 Å². The molecule has 0 aromatic heterocycles. The van der Waals surface area contributed by atoms with Gasteiger partial charge in [0.15, 0.2) is 32.1 Å². The molecule has 0 aliphatic carbocycles. The minimum atomic E-state index is -0.577. The minimum Gasteiger partial charge on any atom is -0.398 e. The van der Waals surface area contributed by atoms with Crippen molar-refractivity contribution in [3.05, 3.63) is 0 Å². The van der Waals surface area contributed by atoms with Gasteiger partial charge in [-0.25, -0.2) is 0 Å². The molecular weight excluding hydrogens is 358 g/mol. The van der Waals surface area contributed by atoms with E-state index >= 15 is 0 Å². The summed E-state index contributed by atoms with van der Waals surface area (Å²) in [4.78, 5) is 0. The van der Waals surface area contributed by atoms with E-state index in [1.165, 1.54) is 0 Å². The Hall–Kier alpha value is 0.154. The molecular formula is C16H39NO6Si2. The molecule has 9 heteroatoms. The van der Waals surface area contributed by atoms with Gasteiger partial charge in [-0.1, -0.05) is 13.8 Å². The lowest BCUT2D eigenvalue weighted by atomic mass is 10.2. The average Bonchev–Trinajstić information content (AvgIpc) is 2.60. The van der Waals surface area contributed by atoms with Crippen LogP contribution in [0.4, 0.5) is 0 Å². The van der Waals surface area contributed by atoms with Gasteiger partial charge in [-0.05, 0) is 37.0 Å². The van der Waals surface area contributed by atoms with Crippen molar-refractivity contribution < 1.29 is 27.8 Å². The van der Waals surface area contributed by atoms with Crippen molar-refractivity contribution in [2.75, 3.05) is 54.7 Å². The van der Waals surface area contributed by atoms with Crippen molar-refractivity contribution >= 4 is 19.5 Å². The minimum absolute atomic E-state index is 0.212. The van der Waals surface area contributed by atoms with Crippen LogP contribution in [-0.2, 0) is 27.8 Å². The summed E-state index contributed by atoms with van der Waals surface area (Å²) < 4.78 is 32.1. The Labute approximate surface area is 158 Å². The molecule has 0 fully saturated rings. The summed E-state index contributed by atoms with van der Waals surface area (Å²) in [5.41, 5.74) is 0. The van der Waals surface area contributed by atoms with Crippen LogP contribution in [0.25, 0.3) is 0 Å². The molecule has 0 aliphatic rings. The fourth-order valence-corrected chi connectivity index (χ4v) is 4.70. The quantitative estimate of drug-likeness (QED) is 0.260. The van der Waals surface area contributed by atoms with E-state index in [1.54, 1.807) is 28.4 Å². The Bertz CT molecular complexity index is 265. The molecule has 4 unspecified atom stereocenters. The van der Waals surface area contributed by atoms with Crippen LogP contribution in [0.2, 0.25) is 12.1 Å². The number of hydrogen-bond donors (Lipinski definition) is 1. The lowest BCUT2D eigenvalue weighted by Crippen LogP contribution is -2.29. The second kappa shape index (κ2) is 17.6. The monoisotopic (exact) mass is 397 g/mol. The molecule has 25 heavy (non-hydrogen) atoms. The molecule has 152 valence electrons. The van der Waals surface area contributed by atoms with E-state index in [1.807, 2.05) is 0 Å². The molecule has 0 aromatic rings. The van der Waals surface area contributed by atoms with E-state index in [9.17, 15) is 0 Å². The zero-order valence-corrected chi connectivity index (χ0v) is 19.7. The Morgan fingerprint density at radius 1 is 0.720 bits per heavy atom. The Morgan fingerprint density at radius 2 is 1.12 bits per heavy atom. The highest BCUT2D eigenvalue weighted by atomic mass is 28.2. The van der Waals surface area contributed by atoms with E-state index in [-0.39, 0.29) is 12.6 Å². The van der Waals surface area contributed by atoms with Crippen LogP contribution in [0.15, 0.2) is 0 Å². The van der Waals surface area contributed by atoms with Gasteiger partial charge in [-0.3, -0.25) is 0 Å². The van der Waals surface area contributed by atoms with Crippen molar-refractivity contribution in [3.63, 3.8) is 0 Å². The van der Waals surface area contributed by atoms with E-state index in [0.29, 0.717) is 25.0 Å². The third-order valence-electron chi connectivity index (χ3n) is 3.95. The largest absolute Gasteiger partial charge is 0.398 e. The maximum Gasteiger partial charge on any atom is 0.170 e. The summed E-state index contributed by atoms with van der Waals surface area (Å²) in [5.74, 6) is 1.24. The van der Waals surface area contributed by atoms with Crippen LogP contribution >= 0.6 is 0 Å². The van der Waals surface area contributed by atoms with Crippen LogP contribution in [0.5, 0.6) is 0 Å². The van der Waals surface area contributed by atoms with E-state index in [0.717, 1.165) is 25.2 Å². The normalized spacial score (nSPS) is 17.5. The molecule has 1 N–H and O–H groups in total. The van der Waals surface area contributed by atoms with E-state index in [4.69, 9.17) is 27.8 Å². The number of nitrogens with one attached hydrogen (secondary N) is 1. The average molecular weight is 398 g/mol. The number of rotatable bonds is 18. The second-order valence-electron chi connectivity index (χ2n) is 6.43. The molecule has 0 saturated carbocycles. The first-order valence-electron chi connectivity index (χ1n) is 9.04. The molecule has 0 aliphatic heterocycles. The molecule has 0 saturated heterocycles. The third kappa shape index (κ3) is 15.0. The highest BCUT2D eigenvalue weighted by Crippen LogP contribution is 2.05. The first-order valence-corrected chi connectivity index (χ1v) is 12.2. The lowest BCUT2D eigenvalue weighted by molar-refractivity contribution is -0.0931. The van der Waals surface area contributed by atoms with E-state index in [2.05, 4.69) is 19.2 Å². The van der Waals surface area contributed by atoms with Crippen LogP contribution in [-0.4, -0.2) is 86.8 Å². The van der Waals surface area contributed by atoms with Gasteiger partial charge >= 0.3 is 0 Å². The van der Waals surface area contributed by atoms with Gasteiger partial charge in [0.1, 0.15) is 0 Å². The standard InChI is InChI=1S/C16H39NO6Si2/c1-13(11-24-22-15(20-5)9-18-3)7-17-8-14(2)12-25-23-16(21-6)10-19-4/h13-17H,7-12,24-25H2,1-6H3. The van der Waals surface area contributed by atoms with Gasteiger partial charge in [0, 0.05) is 28.4 Å². The summed E-state index contributed by atoms with van der Waals surface area (Å²) in [6.07, 6.45) is -0.424. The van der Waals surface area contributed by atoms with Crippen molar-refractivity contribution in [1.29, 1.82) is 0 Å². The number of hydrogen-bond acceptors (Lipinski definition) is 7. The topological polar surface area (TPSA) is 67.4 Å². The fraction of sp³-hybridized carbons (Fsp3) is 1.00. The molecule has 0 heterocycles. The first-order chi connectivity index (χ1) is 12.1. The molecule has 0 aromatic carbocycles. The molecule has 0 spiro atoms. The molecule has 0 radical (unpaired) electrons. The van der Waals surface area contributed by atoms with Crippen molar-refractivity contribution in [1.82, 2.24) is 5.32 Å². The van der Waals surface area contributed by atoms with Crippen LogP contribution < -0.4 is 5.32 Å². The van der Waals surface area contributed by atoms with Gasteiger partial charge in [0.25, 0.3) is 0 Å².